The second-order valence-electron chi connectivity index (χ2n) is 5.60. The summed E-state index contributed by atoms with van der Waals surface area (Å²) in [4.78, 5) is 23.2. The molecule has 0 aliphatic carbocycles. The molecule has 6 heteroatoms. The molecule has 24 heavy (non-hydrogen) atoms. The van der Waals surface area contributed by atoms with Crippen LogP contribution in [0.4, 0.5) is 10.1 Å². The number of aryl methyl sites for hydroxylation is 2. The highest BCUT2D eigenvalue weighted by Crippen LogP contribution is 2.21. The molecule has 0 unspecified atom stereocenters. The van der Waals surface area contributed by atoms with Crippen LogP contribution in [0.1, 0.15) is 27.0 Å². The highest BCUT2D eigenvalue weighted by molar-refractivity contribution is 5.97. The van der Waals surface area contributed by atoms with Gasteiger partial charge in [-0.3, -0.25) is 9.59 Å². The van der Waals surface area contributed by atoms with E-state index in [0.717, 1.165) is 17.2 Å². The molecule has 0 heterocycles. The van der Waals surface area contributed by atoms with Crippen molar-refractivity contribution in [1.29, 1.82) is 0 Å². The van der Waals surface area contributed by atoms with Crippen molar-refractivity contribution in [2.24, 2.45) is 5.73 Å². The van der Waals surface area contributed by atoms with Gasteiger partial charge >= 0.3 is 0 Å². The van der Waals surface area contributed by atoms with E-state index in [1.165, 1.54) is 13.0 Å². The van der Waals surface area contributed by atoms with Crippen LogP contribution in [0, 0.1) is 26.6 Å². The van der Waals surface area contributed by atoms with E-state index in [4.69, 9.17) is 10.5 Å². The van der Waals surface area contributed by atoms with Crippen LogP contribution in [0.3, 0.4) is 0 Å². The van der Waals surface area contributed by atoms with Gasteiger partial charge in [0.2, 0.25) is 5.91 Å². The summed E-state index contributed by atoms with van der Waals surface area (Å²) >= 11 is 0. The Kier molecular flexibility index (Phi) is 5.18. The average molecular weight is 330 g/mol. The van der Waals surface area contributed by atoms with Gasteiger partial charge in [0.05, 0.1) is 0 Å². The lowest BCUT2D eigenvalue weighted by Gasteiger charge is -2.12. The fraction of sp³-hybridized carbons (Fsp3) is 0.222. The van der Waals surface area contributed by atoms with Crippen LogP contribution in [-0.4, -0.2) is 18.4 Å². The van der Waals surface area contributed by atoms with Gasteiger partial charge in [0.15, 0.2) is 6.61 Å². The number of rotatable bonds is 5. The minimum absolute atomic E-state index is 0.0105. The number of primary amides is 1. The van der Waals surface area contributed by atoms with Crippen molar-refractivity contribution in [2.75, 3.05) is 11.9 Å². The van der Waals surface area contributed by atoms with Gasteiger partial charge in [-0.2, -0.15) is 0 Å². The maximum Gasteiger partial charge on any atom is 0.262 e. The van der Waals surface area contributed by atoms with Crippen LogP contribution in [0.5, 0.6) is 5.75 Å². The molecular formula is C18H19FN2O3. The standard InChI is InChI=1S/C18H19FN2O3/c1-10-4-5-16(11(2)6-10)24-9-17(22)21-15-8-13(18(20)23)7-14(19)12(15)3/h4-8H,9H2,1-3H3,(H2,20,23)(H,21,22). The first-order valence-corrected chi connectivity index (χ1v) is 7.37. The Morgan fingerprint density at radius 3 is 2.50 bits per heavy atom. The smallest absolute Gasteiger partial charge is 0.262 e. The first-order valence-electron chi connectivity index (χ1n) is 7.37. The number of benzene rings is 2. The number of ether oxygens (including phenoxy) is 1. The van der Waals surface area contributed by atoms with Crippen LogP contribution >= 0.6 is 0 Å². The van der Waals surface area contributed by atoms with E-state index >= 15 is 0 Å². The van der Waals surface area contributed by atoms with Gasteiger partial charge < -0.3 is 15.8 Å². The van der Waals surface area contributed by atoms with E-state index in [1.807, 2.05) is 26.0 Å². The van der Waals surface area contributed by atoms with E-state index in [0.29, 0.717) is 5.75 Å². The fourth-order valence-corrected chi connectivity index (χ4v) is 2.24. The van der Waals surface area contributed by atoms with E-state index in [9.17, 15) is 14.0 Å². The van der Waals surface area contributed by atoms with E-state index < -0.39 is 17.6 Å². The summed E-state index contributed by atoms with van der Waals surface area (Å²) in [6, 6.07) is 8.00. The maximum absolute atomic E-state index is 13.8. The van der Waals surface area contributed by atoms with Crippen LogP contribution in [0.25, 0.3) is 0 Å². The van der Waals surface area contributed by atoms with Crippen LogP contribution < -0.4 is 15.8 Å². The minimum Gasteiger partial charge on any atom is -0.483 e. The van der Waals surface area contributed by atoms with Crippen LogP contribution in [-0.2, 0) is 4.79 Å². The van der Waals surface area contributed by atoms with Crippen molar-refractivity contribution in [3.63, 3.8) is 0 Å². The third-order valence-electron chi connectivity index (χ3n) is 3.59. The van der Waals surface area contributed by atoms with Gasteiger partial charge in [-0.25, -0.2) is 4.39 Å². The van der Waals surface area contributed by atoms with Crippen LogP contribution in [0.2, 0.25) is 0 Å². The van der Waals surface area contributed by atoms with Crippen molar-refractivity contribution in [3.05, 3.63) is 58.4 Å². The predicted octanol–water partition coefficient (Wildman–Crippen LogP) is 2.87. The first kappa shape index (κ1) is 17.5. The maximum atomic E-state index is 13.8. The molecule has 3 N–H and O–H groups in total. The lowest BCUT2D eigenvalue weighted by molar-refractivity contribution is -0.118. The zero-order valence-electron chi connectivity index (χ0n) is 13.8. The number of nitrogens with one attached hydrogen (secondary N) is 1. The van der Waals surface area contributed by atoms with Gasteiger partial charge in [-0.1, -0.05) is 17.7 Å². The van der Waals surface area contributed by atoms with E-state index in [-0.39, 0.29) is 23.4 Å². The lowest BCUT2D eigenvalue weighted by Crippen LogP contribution is -2.22. The van der Waals surface area contributed by atoms with Gasteiger partial charge in [-0.05, 0) is 44.5 Å². The Hall–Kier alpha value is -2.89. The number of carbonyl (C=O) groups is 2. The van der Waals surface area contributed by atoms with Gasteiger partial charge in [0.25, 0.3) is 5.91 Å². The molecule has 0 aromatic heterocycles. The summed E-state index contributed by atoms with van der Waals surface area (Å²) in [5.74, 6) is -1.24. The zero-order valence-corrected chi connectivity index (χ0v) is 13.8. The molecule has 2 aromatic rings. The topological polar surface area (TPSA) is 81.4 Å². The number of hydrogen-bond donors (Lipinski definition) is 2. The first-order chi connectivity index (χ1) is 11.3. The molecule has 0 radical (unpaired) electrons. The quantitative estimate of drug-likeness (QED) is 0.884. The summed E-state index contributed by atoms with van der Waals surface area (Å²) in [6.45, 7) is 5.12. The molecule has 0 aliphatic heterocycles. The number of carbonyl (C=O) groups excluding carboxylic acids is 2. The molecule has 0 aliphatic rings. The van der Waals surface area contributed by atoms with Gasteiger partial charge in [0.1, 0.15) is 11.6 Å². The summed E-state index contributed by atoms with van der Waals surface area (Å²) < 4.78 is 19.3. The monoisotopic (exact) mass is 330 g/mol. The Morgan fingerprint density at radius 2 is 1.88 bits per heavy atom. The van der Waals surface area contributed by atoms with Crippen molar-refractivity contribution in [2.45, 2.75) is 20.8 Å². The molecule has 0 spiro atoms. The van der Waals surface area contributed by atoms with Gasteiger partial charge in [0, 0.05) is 16.8 Å². The second-order valence-corrected chi connectivity index (χ2v) is 5.60. The fourth-order valence-electron chi connectivity index (χ4n) is 2.24. The zero-order chi connectivity index (χ0) is 17.9. The molecular weight excluding hydrogens is 311 g/mol. The predicted molar refractivity (Wildman–Crippen MR) is 89.7 cm³/mol. The largest absolute Gasteiger partial charge is 0.483 e. The van der Waals surface area contributed by atoms with Crippen molar-refractivity contribution < 1.29 is 18.7 Å². The summed E-state index contributed by atoms with van der Waals surface area (Å²) in [7, 11) is 0. The van der Waals surface area contributed by atoms with Crippen molar-refractivity contribution in [3.8, 4) is 5.75 Å². The second kappa shape index (κ2) is 7.12. The van der Waals surface area contributed by atoms with Crippen molar-refractivity contribution in [1.82, 2.24) is 0 Å². The molecule has 0 bridgehead atoms. The van der Waals surface area contributed by atoms with E-state index in [1.54, 1.807) is 6.07 Å². The minimum atomic E-state index is -0.768. The molecule has 5 nitrogen and oxygen atoms in total. The Morgan fingerprint density at radius 1 is 1.17 bits per heavy atom. The normalized spacial score (nSPS) is 10.3. The highest BCUT2D eigenvalue weighted by atomic mass is 19.1. The summed E-state index contributed by atoms with van der Waals surface area (Å²) in [6.07, 6.45) is 0. The molecule has 2 amide bonds. The third-order valence-corrected chi connectivity index (χ3v) is 3.59. The molecule has 2 aromatic carbocycles. The number of hydrogen-bond acceptors (Lipinski definition) is 3. The van der Waals surface area contributed by atoms with E-state index in [2.05, 4.69) is 5.32 Å². The van der Waals surface area contributed by atoms with Crippen LogP contribution in [0.15, 0.2) is 30.3 Å². The third kappa shape index (κ3) is 4.10. The number of nitrogens with two attached hydrogens (primary N) is 1. The summed E-state index contributed by atoms with van der Waals surface area (Å²) in [5, 5.41) is 2.54. The highest BCUT2D eigenvalue weighted by Gasteiger charge is 2.13. The number of halogens is 1. The SMILES string of the molecule is Cc1ccc(OCC(=O)Nc2cc(C(N)=O)cc(F)c2C)c(C)c1. The molecule has 0 atom stereocenters. The van der Waals surface area contributed by atoms with Crippen molar-refractivity contribution >= 4 is 17.5 Å². The molecule has 2 rings (SSSR count). The molecule has 0 fully saturated rings. The summed E-state index contributed by atoms with van der Waals surface area (Å²) in [5.41, 5.74) is 7.57. The Balaban J connectivity index is 2.08. The average Bonchev–Trinajstić information content (AvgIpc) is 2.50. The Labute approximate surface area is 139 Å². The van der Waals surface area contributed by atoms with Gasteiger partial charge in [-0.15, -0.1) is 0 Å². The molecule has 0 saturated heterocycles. The Bertz CT molecular complexity index is 803. The number of anilines is 1. The molecule has 0 saturated carbocycles. The number of amides is 2. The molecule has 126 valence electrons. The lowest BCUT2D eigenvalue weighted by atomic mass is 10.1.